The molecule has 0 nitrogen and oxygen atoms in total. The number of rotatable bonds is 5. The van der Waals surface area contributed by atoms with Crippen molar-refractivity contribution in [3.63, 3.8) is 0 Å². The van der Waals surface area contributed by atoms with Crippen LogP contribution in [0.3, 0.4) is 0 Å². The van der Waals surface area contributed by atoms with Crippen LogP contribution < -0.4 is 15.9 Å². The Morgan fingerprint density at radius 3 is 1.50 bits per heavy atom. The van der Waals surface area contributed by atoms with Crippen LogP contribution in [0.1, 0.15) is 11.1 Å². The van der Waals surface area contributed by atoms with Gasteiger partial charge in [-0.1, -0.05) is 0 Å². The molecule has 0 saturated heterocycles. The van der Waals surface area contributed by atoms with E-state index in [0.29, 0.717) is 0 Å². The molecular weight excluding hydrogens is 379 g/mol. The second kappa shape index (κ2) is 7.55. The Labute approximate surface area is 172 Å². The molecule has 0 amide bonds. The van der Waals surface area contributed by atoms with E-state index in [1.807, 2.05) is 0 Å². The summed E-state index contributed by atoms with van der Waals surface area (Å²) < 4.78 is 0. The van der Waals surface area contributed by atoms with Crippen LogP contribution in [0.5, 0.6) is 0 Å². The van der Waals surface area contributed by atoms with Crippen molar-refractivity contribution in [2.24, 2.45) is 0 Å². The molecule has 0 aromatic heterocycles. The first-order valence-electron chi connectivity index (χ1n) is 9.57. The first kappa shape index (κ1) is 18.9. The molecule has 0 saturated carbocycles. The van der Waals surface area contributed by atoms with Gasteiger partial charge in [0.25, 0.3) is 0 Å². The van der Waals surface area contributed by atoms with Gasteiger partial charge in [-0.25, -0.2) is 0 Å². The van der Waals surface area contributed by atoms with Gasteiger partial charge in [0.05, 0.1) is 0 Å². The molecule has 0 aliphatic carbocycles. The quantitative estimate of drug-likeness (QED) is 0.350. The molecule has 0 fully saturated rings. The molecule has 0 aliphatic rings. The van der Waals surface area contributed by atoms with E-state index in [0.717, 1.165) is 6.16 Å². The number of hydrogen-bond donors (Lipinski definition) is 0. The predicted molar refractivity (Wildman–Crippen MR) is 126 cm³/mol. The van der Waals surface area contributed by atoms with Crippen LogP contribution in [-0.2, 0) is 6.16 Å². The van der Waals surface area contributed by atoms with Crippen molar-refractivity contribution in [2.75, 3.05) is 0 Å². The first-order valence-corrected chi connectivity index (χ1v) is 12.9. The Morgan fingerprint density at radius 2 is 1.00 bits per heavy atom. The average Bonchev–Trinajstić information content (AvgIpc) is 2.76. The van der Waals surface area contributed by atoms with Crippen molar-refractivity contribution in [1.29, 1.82) is 0 Å². The molecule has 0 spiro atoms. The molecule has 2 heteroatoms. The topological polar surface area (TPSA) is 0 Å². The Kier molecular flexibility index (Phi) is 5.11. The number of hydrogen-bond acceptors (Lipinski definition) is 0. The summed E-state index contributed by atoms with van der Waals surface area (Å²) in [5.41, 5.74) is 2.49. The third-order valence-electron chi connectivity index (χ3n) is 5.53. The summed E-state index contributed by atoms with van der Waals surface area (Å²) in [6.07, 6.45) is 0.785. The van der Waals surface area contributed by atoms with E-state index in [9.17, 15) is 0 Å². The zero-order chi connectivity index (χ0) is 19.5. The van der Waals surface area contributed by atoms with Crippen molar-refractivity contribution in [3.8, 4) is 0 Å². The SMILES string of the molecule is Cc1ccccc1P(Cl)(Cc1ccccc1)(c1ccccc1)c1ccccc1. The van der Waals surface area contributed by atoms with E-state index in [1.54, 1.807) is 0 Å². The predicted octanol–water partition coefficient (Wildman–Crippen LogP) is 6.18. The standard InChI is InChI=1S/C26H24ClP/c1-22-13-11-12-20-26(22)28(27,24-16-7-3-8-17-24,25-18-9-4-10-19-25)21-23-14-5-2-6-15-23/h2-20H,21H2,1H3. The molecule has 4 aromatic carbocycles. The zero-order valence-electron chi connectivity index (χ0n) is 16.0. The van der Waals surface area contributed by atoms with Gasteiger partial charge in [0, 0.05) is 0 Å². The van der Waals surface area contributed by atoms with Gasteiger partial charge >= 0.3 is 173 Å². The van der Waals surface area contributed by atoms with Gasteiger partial charge in [-0.15, -0.1) is 0 Å². The van der Waals surface area contributed by atoms with E-state index in [1.165, 1.54) is 27.0 Å². The van der Waals surface area contributed by atoms with Crippen LogP contribution in [0, 0.1) is 6.92 Å². The van der Waals surface area contributed by atoms with Gasteiger partial charge < -0.3 is 0 Å². The van der Waals surface area contributed by atoms with Gasteiger partial charge in [-0.3, -0.25) is 0 Å². The third-order valence-corrected chi connectivity index (χ3v) is 12.8. The number of halogens is 1. The van der Waals surface area contributed by atoms with Gasteiger partial charge in [0.15, 0.2) is 0 Å². The Hall–Kier alpha value is -2.40. The fraction of sp³-hybridized carbons (Fsp3) is 0.0769. The molecule has 0 N–H and O–H groups in total. The van der Waals surface area contributed by atoms with Crippen molar-refractivity contribution in [1.82, 2.24) is 0 Å². The van der Waals surface area contributed by atoms with E-state index >= 15 is 0 Å². The second-order valence-electron chi connectivity index (χ2n) is 7.28. The zero-order valence-corrected chi connectivity index (χ0v) is 17.7. The molecule has 0 aliphatic heterocycles. The Morgan fingerprint density at radius 1 is 0.571 bits per heavy atom. The van der Waals surface area contributed by atoms with E-state index in [-0.39, 0.29) is 0 Å². The summed E-state index contributed by atoms with van der Waals surface area (Å²) >= 11 is 8.14. The summed E-state index contributed by atoms with van der Waals surface area (Å²) in [5.74, 6) is -3.25. The van der Waals surface area contributed by atoms with Crippen molar-refractivity contribution >= 4 is 33.1 Å². The maximum atomic E-state index is 8.14. The molecule has 140 valence electrons. The number of benzene rings is 4. The van der Waals surface area contributed by atoms with Crippen LogP contribution >= 0.6 is 17.2 Å². The van der Waals surface area contributed by atoms with Gasteiger partial charge in [0.1, 0.15) is 0 Å². The summed E-state index contributed by atoms with van der Waals surface area (Å²) in [4.78, 5) is 0. The molecule has 4 aromatic rings. The van der Waals surface area contributed by atoms with E-state index in [2.05, 4.69) is 122 Å². The molecular formula is C26H24ClP. The number of aryl methyl sites for hydroxylation is 1. The van der Waals surface area contributed by atoms with Crippen molar-refractivity contribution < 1.29 is 0 Å². The van der Waals surface area contributed by atoms with Crippen LogP contribution in [0.2, 0.25) is 0 Å². The average molecular weight is 403 g/mol. The molecule has 0 heterocycles. The molecule has 0 bridgehead atoms. The molecule has 0 atom stereocenters. The first-order chi connectivity index (χ1) is 13.6. The van der Waals surface area contributed by atoms with Gasteiger partial charge in [-0.05, 0) is 0 Å². The summed E-state index contributed by atoms with van der Waals surface area (Å²) in [7, 11) is 0. The summed E-state index contributed by atoms with van der Waals surface area (Å²) in [6, 6.07) is 40.6. The molecule has 0 radical (unpaired) electrons. The van der Waals surface area contributed by atoms with Gasteiger partial charge in [0.2, 0.25) is 0 Å². The Bertz CT molecular complexity index is 1020. The minimum atomic E-state index is -3.25. The third kappa shape index (κ3) is 3.08. The molecule has 0 unspecified atom stereocenters. The maximum absolute atomic E-state index is 8.14. The monoisotopic (exact) mass is 402 g/mol. The van der Waals surface area contributed by atoms with E-state index in [4.69, 9.17) is 11.2 Å². The van der Waals surface area contributed by atoms with E-state index < -0.39 is 5.96 Å². The Balaban J connectivity index is 2.13. The summed E-state index contributed by atoms with van der Waals surface area (Å²) in [5, 5.41) is 3.66. The minimum absolute atomic E-state index is 0.785. The van der Waals surface area contributed by atoms with Crippen LogP contribution in [0.4, 0.5) is 0 Å². The fourth-order valence-electron chi connectivity index (χ4n) is 4.19. The fourth-order valence-corrected chi connectivity index (χ4v) is 10.9. The second-order valence-corrected chi connectivity index (χ2v) is 13.7. The van der Waals surface area contributed by atoms with Crippen molar-refractivity contribution in [2.45, 2.75) is 13.1 Å². The van der Waals surface area contributed by atoms with Crippen LogP contribution in [-0.4, -0.2) is 0 Å². The van der Waals surface area contributed by atoms with Gasteiger partial charge in [-0.2, -0.15) is 0 Å². The van der Waals surface area contributed by atoms with Crippen LogP contribution in [0.15, 0.2) is 115 Å². The van der Waals surface area contributed by atoms with Crippen molar-refractivity contribution in [3.05, 3.63) is 126 Å². The summed E-state index contributed by atoms with van der Waals surface area (Å²) in [6.45, 7) is 2.18. The van der Waals surface area contributed by atoms with Crippen LogP contribution in [0.25, 0.3) is 0 Å². The normalized spacial score (nSPS) is 12.9. The molecule has 4 rings (SSSR count). The molecule has 28 heavy (non-hydrogen) atoms.